The minimum atomic E-state index is -4.02. The molecule has 1 saturated heterocycles. The molecular formula is C21H22N4O4S. The molecule has 2 aromatic carbocycles. The van der Waals surface area contributed by atoms with Crippen LogP contribution >= 0.6 is 0 Å². The number of aryl methyl sites for hydroxylation is 1. The number of hydrogen-bond donors (Lipinski definition) is 2. The molecule has 156 valence electrons. The van der Waals surface area contributed by atoms with E-state index in [-0.39, 0.29) is 27.6 Å². The molecule has 2 heterocycles. The number of rotatable bonds is 4. The lowest BCUT2D eigenvalue weighted by molar-refractivity contribution is 0.0547. The lowest BCUT2D eigenvalue weighted by Gasteiger charge is -2.30. The van der Waals surface area contributed by atoms with Gasteiger partial charge in [-0.05, 0) is 49.6 Å². The van der Waals surface area contributed by atoms with Crippen molar-refractivity contribution in [1.29, 1.82) is 0 Å². The van der Waals surface area contributed by atoms with Crippen molar-refractivity contribution in [3.8, 4) is 0 Å². The average molecular weight is 426 g/mol. The van der Waals surface area contributed by atoms with Gasteiger partial charge in [0.2, 0.25) is 0 Å². The third kappa shape index (κ3) is 3.99. The summed E-state index contributed by atoms with van der Waals surface area (Å²) in [4.78, 5) is 23.0. The number of sulfonamides is 1. The van der Waals surface area contributed by atoms with Gasteiger partial charge < -0.3 is 10.0 Å². The average Bonchev–Trinajstić information content (AvgIpc) is 2.73. The van der Waals surface area contributed by atoms with Crippen LogP contribution in [0.3, 0.4) is 0 Å². The number of nitrogens with one attached hydrogen (secondary N) is 1. The first-order valence-corrected chi connectivity index (χ1v) is 11.1. The van der Waals surface area contributed by atoms with E-state index in [2.05, 4.69) is 14.7 Å². The van der Waals surface area contributed by atoms with Gasteiger partial charge >= 0.3 is 0 Å². The van der Waals surface area contributed by atoms with Crippen LogP contribution in [0.15, 0.2) is 53.7 Å². The molecule has 3 aromatic rings. The van der Waals surface area contributed by atoms with Crippen LogP contribution in [-0.4, -0.2) is 53.5 Å². The van der Waals surface area contributed by atoms with E-state index in [1.165, 1.54) is 18.5 Å². The number of aliphatic hydroxyl groups is 1. The number of aliphatic hydroxyl groups excluding tert-OH is 1. The molecule has 4 rings (SSSR count). The molecule has 2 N–H and O–H groups in total. The van der Waals surface area contributed by atoms with E-state index in [1.54, 1.807) is 35.2 Å². The van der Waals surface area contributed by atoms with E-state index in [0.29, 0.717) is 31.4 Å². The van der Waals surface area contributed by atoms with Crippen molar-refractivity contribution >= 4 is 32.7 Å². The molecule has 8 nitrogen and oxygen atoms in total. The quantitative estimate of drug-likeness (QED) is 0.662. The van der Waals surface area contributed by atoms with Crippen LogP contribution in [0.1, 0.15) is 28.8 Å². The molecule has 0 saturated carbocycles. The third-order valence-corrected chi connectivity index (χ3v) is 6.55. The lowest BCUT2D eigenvalue weighted by Crippen LogP contribution is -2.40. The zero-order valence-electron chi connectivity index (χ0n) is 16.4. The number of piperidine rings is 1. The largest absolute Gasteiger partial charge is 0.393 e. The molecular weight excluding hydrogens is 404 g/mol. The van der Waals surface area contributed by atoms with Crippen molar-refractivity contribution < 1.29 is 18.3 Å². The van der Waals surface area contributed by atoms with Crippen LogP contribution in [0.4, 0.5) is 5.69 Å². The standard InChI is InChI=1S/C21H22N4O4S/c1-14-5-6-16(21(27)25-11-7-15(26)8-12-25)18(13-14)24-30(28,29)19-4-2-3-17-20(19)23-10-9-22-17/h2-6,9-10,13,15,24,26H,7-8,11-12H2,1H3. The predicted molar refractivity (Wildman–Crippen MR) is 113 cm³/mol. The Labute approximate surface area is 174 Å². The van der Waals surface area contributed by atoms with Crippen molar-refractivity contribution in [1.82, 2.24) is 14.9 Å². The fraction of sp³-hybridized carbons (Fsp3) is 0.286. The second kappa shape index (κ2) is 8.00. The van der Waals surface area contributed by atoms with E-state index in [9.17, 15) is 18.3 Å². The summed E-state index contributed by atoms with van der Waals surface area (Å²) in [5, 5.41) is 9.70. The SMILES string of the molecule is Cc1ccc(C(=O)N2CCC(O)CC2)c(NS(=O)(=O)c2cccc3nccnc23)c1. The number of aromatic nitrogens is 2. The Bertz CT molecular complexity index is 1200. The molecule has 1 aromatic heterocycles. The smallest absolute Gasteiger partial charge is 0.264 e. The van der Waals surface area contributed by atoms with Gasteiger partial charge in [0.15, 0.2) is 0 Å². The van der Waals surface area contributed by atoms with Gasteiger partial charge in [-0.3, -0.25) is 19.5 Å². The Kier molecular flexibility index (Phi) is 5.40. The van der Waals surface area contributed by atoms with Crippen molar-refractivity contribution in [2.75, 3.05) is 17.8 Å². The fourth-order valence-corrected chi connectivity index (χ4v) is 4.79. The van der Waals surface area contributed by atoms with Gasteiger partial charge in [-0.1, -0.05) is 12.1 Å². The molecule has 0 aliphatic carbocycles. The highest BCUT2D eigenvalue weighted by Gasteiger charge is 2.26. The maximum absolute atomic E-state index is 13.2. The first-order chi connectivity index (χ1) is 14.3. The van der Waals surface area contributed by atoms with E-state index in [0.717, 1.165) is 5.56 Å². The van der Waals surface area contributed by atoms with Crippen LogP contribution in [0.5, 0.6) is 0 Å². The van der Waals surface area contributed by atoms with Gasteiger partial charge in [0.05, 0.1) is 22.9 Å². The summed E-state index contributed by atoms with van der Waals surface area (Å²) >= 11 is 0. The Morgan fingerprint density at radius 3 is 2.63 bits per heavy atom. The number of hydrogen-bond acceptors (Lipinski definition) is 6. The van der Waals surface area contributed by atoms with Crippen LogP contribution < -0.4 is 4.72 Å². The summed E-state index contributed by atoms with van der Waals surface area (Å²) in [5.41, 5.74) is 2.03. The third-order valence-electron chi connectivity index (χ3n) is 5.15. The first kappa shape index (κ1) is 20.2. The van der Waals surface area contributed by atoms with Gasteiger partial charge in [-0.2, -0.15) is 0 Å². The zero-order valence-corrected chi connectivity index (χ0v) is 17.3. The topological polar surface area (TPSA) is 112 Å². The Balaban J connectivity index is 1.70. The van der Waals surface area contributed by atoms with Gasteiger partial charge in [0.25, 0.3) is 15.9 Å². The molecule has 1 aliphatic rings. The number of carbonyl (C=O) groups is 1. The van der Waals surface area contributed by atoms with E-state index in [1.807, 2.05) is 6.92 Å². The van der Waals surface area contributed by atoms with Crippen molar-refractivity contribution in [3.05, 3.63) is 59.9 Å². The molecule has 0 bridgehead atoms. The molecule has 1 amide bonds. The van der Waals surface area contributed by atoms with Crippen LogP contribution in [0, 0.1) is 6.92 Å². The number of benzene rings is 2. The summed E-state index contributed by atoms with van der Waals surface area (Å²) in [6, 6.07) is 9.79. The molecule has 0 spiro atoms. The minimum Gasteiger partial charge on any atom is -0.393 e. The number of anilines is 1. The molecule has 1 aliphatic heterocycles. The van der Waals surface area contributed by atoms with Crippen LogP contribution in [0.25, 0.3) is 11.0 Å². The van der Waals surface area contributed by atoms with Gasteiger partial charge in [0, 0.05) is 25.5 Å². The Morgan fingerprint density at radius 1 is 1.13 bits per heavy atom. The van der Waals surface area contributed by atoms with E-state index < -0.39 is 16.1 Å². The number of carbonyl (C=O) groups excluding carboxylic acids is 1. The molecule has 0 unspecified atom stereocenters. The molecule has 9 heteroatoms. The normalized spacial score (nSPS) is 15.3. The van der Waals surface area contributed by atoms with E-state index >= 15 is 0 Å². The Hall–Kier alpha value is -3.04. The Morgan fingerprint density at radius 2 is 1.87 bits per heavy atom. The highest BCUT2D eigenvalue weighted by molar-refractivity contribution is 7.93. The summed E-state index contributed by atoms with van der Waals surface area (Å²) in [6.45, 7) is 2.69. The highest BCUT2D eigenvalue weighted by atomic mass is 32.2. The predicted octanol–water partition coefficient (Wildman–Crippen LogP) is 2.34. The second-order valence-corrected chi connectivity index (χ2v) is 9.01. The number of likely N-dealkylation sites (tertiary alicyclic amines) is 1. The van der Waals surface area contributed by atoms with E-state index in [4.69, 9.17) is 0 Å². The summed E-state index contributed by atoms with van der Waals surface area (Å²) in [6.07, 6.45) is 3.55. The summed E-state index contributed by atoms with van der Waals surface area (Å²) in [5.74, 6) is -0.266. The number of nitrogens with zero attached hydrogens (tertiary/aromatic N) is 3. The van der Waals surface area contributed by atoms with Crippen molar-refractivity contribution in [2.45, 2.75) is 30.8 Å². The maximum Gasteiger partial charge on any atom is 0.264 e. The summed E-state index contributed by atoms with van der Waals surface area (Å²) < 4.78 is 28.9. The zero-order chi connectivity index (χ0) is 21.3. The lowest BCUT2D eigenvalue weighted by atomic mass is 10.0. The van der Waals surface area contributed by atoms with Crippen LogP contribution in [-0.2, 0) is 10.0 Å². The van der Waals surface area contributed by atoms with Crippen LogP contribution in [0.2, 0.25) is 0 Å². The second-order valence-electron chi connectivity index (χ2n) is 7.36. The number of amides is 1. The van der Waals surface area contributed by atoms with Gasteiger partial charge in [0.1, 0.15) is 10.4 Å². The monoisotopic (exact) mass is 426 g/mol. The molecule has 30 heavy (non-hydrogen) atoms. The highest BCUT2D eigenvalue weighted by Crippen LogP contribution is 2.26. The number of para-hydroxylation sites is 1. The minimum absolute atomic E-state index is 0.00546. The first-order valence-electron chi connectivity index (χ1n) is 9.66. The van der Waals surface area contributed by atoms with Gasteiger partial charge in [-0.15, -0.1) is 0 Å². The molecule has 1 fully saturated rings. The molecule has 0 radical (unpaired) electrons. The fourth-order valence-electron chi connectivity index (χ4n) is 3.55. The van der Waals surface area contributed by atoms with Crippen molar-refractivity contribution in [2.24, 2.45) is 0 Å². The molecule has 0 atom stereocenters. The summed E-state index contributed by atoms with van der Waals surface area (Å²) in [7, 11) is -4.02. The van der Waals surface area contributed by atoms with Crippen molar-refractivity contribution in [3.63, 3.8) is 0 Å². The van der Waals surface area contributed by atoms with Gasteiger partial charge in [-0.25, -0.2) is 8.42 Å². The number of fused-ring (bicyclic) bond motifs is 1. The maximum atomic E-state index is 13.2.